The number of hydrogen-bond donors (Lipinski definition) is 1. The number of amides is 1. The van der Waals surface area contributed by atoms with Gasteiger partial charge in [0.05, 0.1) is 31.3 Å². The molecule has 0 aliphatic carbocycles. The molecule has 2 aromatic rings. The van der Waals surface area contributed by atoms with E-state index in [1.54, 1.807) is 32.4 Å². The lowest BCUT2D eigenvalue weighted by Gasteiger charge is -2.16. The first-order chi connectivity index (χ1) is 12.0. The summed E-state index contributed by atoms with van der Waals surface area (Å²) in [5.41, 5.74) is 1.48. The number of rotatable bonds is 7. The summed E-state index contributed by atoms with van der Waals surface area (Å²) in [6.07, 6.45) is 0. The molecule has 2 aromatic carbocycles. The second-order valence-electron chi connectivity index (χ2n) is 5.39. The fraction of sp³-hybridized carbons (Fsp3) is 0.316. The van der Waals surface area contributed by atoms with Crippen LogP contribution in [-0.4, -0.2) is 26.7 Å². The maximum atomic E-state index is 12.5. The predicted octanol–water partition coefficient (Wildman–Crippen LogP) is 4.36. The zero-order valence-electron chi connectivity index (χ0n) is 14.8. The van der Waals surface area contributed by atoms with Crippen LogP contribution >= 0.6 is 15.9 Å². The molecule has 2 rings (SSSR count). The maximum Gasteiger partial charge on any atom is 0.251 e. The highest BCUT2D eigenvalue weighted by Crippen LogP contribution is 2.30. The van der Waals surface area contributed by atoms with Crippen molar-refractivity contribution in [2.24, 2.45) is 0 Å². The molecule has 0 aliphatic rings. The van der Waals surface area contributed by atoms with E-state index in [2.05, 4.69) is 21.2 Å². The summed E-state index contributed by atoms with van der Waals surface area (Å²) in [6, 6.07) is 10.7. The summed E-state index contributed by atoms with van der Waals surface area (Å²) >= 11 is 3.46. The van der Waals surface area contributed by atoms with Gasteiger partial charge >= 0.3 is 0 Å². The average molecular weight is 408 g/mol. The summed E-state index contributed by atoms with van der Waals surface area (Å²) in [7, 11) is 3.17. The van der Waals surface area contributed by atoms with Crippen LogP contribution in [0.3, 0.4) is 0 Å². The Balaban J connectivity index is 2.14. The molecule has 1 amide bonds. The molecule has 0 radical (unpaired) electrons. The molecule has 0 saturated carbocycles. The van der Waals surface area contributed by atoms with Crippen molar-refractivity contribution >= 4 is 21.8 Å². The van der Waals surface area contributed by atoms with Crippen molar-refractivity contribution < 1.29 is 19.0 Å². The number of carbonyl (C=O) groups excluding carboxylic acids is 1. The van der Waals surface area contributed by atoms with E-state index in [4.69, 9.17) is 14.2 Å². The van der Waals surface area contributed by atoms with Crippen LogP contribution in [0, 0.1) is 0 Å². The van der Waals surface area contributed by atoms with E-state index in [0.717, 1.165) is 15.8 Å². The topological polar surface area (TPSA) is 56.8 Å². The van der Waals surface area contributed by atoms with Gasteiger partial charge in [0.15, 0.2) is 11.5 Å². The van der Waals surface area contributed by atoms with Crippen LogP contribution in [0.1, 0.15) is 35.8 Å². The van der Waals surface area contributed by atoms with Gasteiger partial charge in [-0.1, -0.05) is 6.07 Å². The Labute approximate surface area is 156 Å². The van der Waals surface area contributed by atoms with E-state index in [1.165, 1.54) is 0 Å². The first-order valence-corrected chi connectivity index (χ1v) is 8.74. The molecule has 1 N–H and O–H groups in total. The molecule has 0 bridgehead atoms. The minimum Gasteiger partial charge on any atom is -0.496 e. The Hall–Kier alpha value is -2.21. The number of nitrogens with one attached hydrogen (secondary N) is 1. The number of hydrogen-bond acceptors (Lipinski definition) is 4. The summed E-state index contributed by atoms with van der Waals surface area (Å²) in [5, 5.41) is 2.98. The minimum atomic E-state index is -0.180. The lowest BCUT2D eigenvalue weighted by molar-refractivity contribution is 0.0939. The number of methoxy groups -OCH3 is 2. The van der Waals surface area contributed by atoms with Gasteiger partial charge in [-0.05, 0) is 65.7 Å². The van der Waals surface area contributed by atoms with Gasteiger partial charge in [-0.15, -0.1) is 0 Å². The Morgan fingerprint density at radius 1 is 1.08 bits per heavy atom. The molecule has 6 heteroatoms. The molecule has 134 valence electrons. The average Bonchev–Trinajstić information content (AvgIpc) is 2.62. The number of ether oxygens (including phenoxy) is 3. The van der Waals surface area contributed by atoms with E-state index in [-0.39, 0.29) is 11.9 Å². The van der Waals surface area contributed by atoms with Crippen LogP contribution in [0.5, 0.6) is 17.2 Å². The Morgan fingerprint density at radius 2 is 1.76 bits per heavy atom. The normalized spacial score (nSPS) is 11.6. The molecule has 0 fully saturated rings. The fourth-order valence-corrected chi connectivity index (χ4v) is 2.96. The van der Waals surface area contributed by atoms with E-state index in [9.17, 15) is 4.79 Å². The van der Waals surface area contributed by atoms with Gasteiger partial charge in [-0.25, -0.2) is 0 Å². The second kappa shape index (κ2) is 8.76. The van der Waals surface area contributed by atoms with Crippen molar-refractivity contribution in [2.45, 2.75) is 19.9 Å². The first kappa shape index (κ1) is 19.1. The van der Waals surface area contributed by atoms with Crippen molar-refractivity contribution in [3.8, 4) is 17.2 Å². The monoisotopic (exact) mass is 407 g/mol. The van der Waals surface area contributed by atoms with E-state index in [1.807, 2.05) is 32.0 Å². The highest BCUT2D eigenvalue weighted by molar-refractivity contribution is 9.10. The smallest absolute Gasteiger partial charge is 0.251 e. The second-order valence-corrected chi connectivity index (χ2v) is 6.24. The third-order valence-corrected chi connectivity index (χ3v) is 4.37. The molecule has 5 nitrogen and oxygen atoms in total. The van der Waals surface area contributed by atoms with Gasteiger partial charge in [-0.2, -0.15) is 0 Å². The van der Waals surface area contributed by atoms with E-state index < -0.39 is 0 Å². The Bertz CT molecular complexity index is 748. The van der Waals surface area contributed by atoms with Crippen molar-refractivity contribution in [3.63, 3.8) is 0 Å². The fourth-order valence-electron chi connectivity index (χ4n) is 2.40. The molecular weight excluding hydrogens is 386 g/mol. The van der Waals surface area contributed by atoms with Gasteiger partial charge in [-0.3, -0.25) is 4.79 Å². The van der Waals surface area contributed by atoms with Gasteiger partial charge in [0, 0.05) is 5.56 Å². The number of carbonyl (C=O) groups is 1. The number of halogens is 1. The molecule has 0 saturated heterocycles. The van der Waals surface area contributed by atoms with Crippen LogP contribution in [0.4, 0.5) is 0 Å². The van der Waals surface area contributed by atoms with E-state index in [0.29, 0.717) is 23.7 Å². The van der Waals surface area contributed by atoms with Crippen molar-refractivity contribution in [2.75, 3.05) is 20.8 Å². The SMILES string of the molecule is CCOc1ccc(C(=O)NC(C)c2ccc(OC)c(Br)c2)cc1OC. The molecule has 0 spiro atoms. The van der Waals surface area contributed by atoms with Crippen LogP contribution in [0.2, 0.25) is 0 Å². The lowest BCUT2D eigenvalue weighted by atomic mass is 10.1. The maximum absolute atomic E-state index is 12.5. The van der Waals surface area contributed by atoms with Crippen LogP contribution in [0.25, 0.3) is 0 Å². The molecule has 1 unspecified atom stereocenters. The Morgan fingerprint density at radius 3 is 2.36 bits per heavy atom. The van der Waals surface area contributed by atoms with Crippen molar-refractivity contribution in [3.05, 3.63) is 52.0 Å². The van der Waals surface area contributed by atoms with Gasteiger partial charge < -0.3 is 19.5 Å². The Kier molecular flexibility index (Phi) is 6.70. The summed E-state index contributed by atoms with van der Waals surface area (Å²) in [4.78, 5) is 12.5. The molecule has 0 heterocycles. The van der Waals surface area contributed by atoms with Crippen molar-refractivity contribution in [1.29, 1.82) is 0 Å². The summed E-state index contributed by atoms with van der Waals surface area (Å²) in [5.74, 6) is 1.72. The van der Waals surface area contributed by atoms with Gasteiger partial charge in [0.1, 0.15) is 5.75 Å². The zero-order valence-corrected chi connectivity index (χ0v) is 16.3. The number of benzene rings is 2. The van der Waals surface area contributed by atoms with Crippen LogP contribution in [0.15, 0.2) is 40.9 Å². The molecule has 0 aromatic heterocycles. The third kappa shape index (κ3) is 4.66. The molecule has 25 heavy (non-hydrogen) atoms. The molecular formula is C19H22BrNO4. The summed E-state index contributed by atoms with van der Waals surface area (Å²) in [6.45, 7) is 4.36. The van der Waals surface area contributed by atoms with E-state index >= 15 is 0 Å². The standard InChI is InChI=1S/C19H22BrNO4/c1-5-25-17-9-7-14(11-18(17)24-4)19(22)21-12(2)13-6-8-16(23-3)15(20)10-13/h6-12H,5H2,1-4H3,(H,21,22). The highest BCUT2D eigenvalue weighted by atomic mass is 79.9. The molecule has 0 aliphatic heterocycles. The lowest BCUT2D eigenvalue weighted by Crippen LogP contribution is -2.26. The third-order valence-electron chi connectivity index (χ3n) is 3.75. The van der Waals surface area contributed by atoms with Crippen molar-refractivity contribution in [1.82, 2.24) is 5.32 Å². The zero-order chi connectivity index (χ0) is 18.4. The molecule has 1 atom stereocenters. The largest absolute Gasteiger partial charge is 0.496 e. The minimum absolute atomic E-state index is 0.160. The first-order valence-electron chi connectivity index (χ1n) is 7.95. The van der Waals surface area contributed by atoms with Gasteiger partial charge in [0.2, 0.25) is 0 Å². The van der Waals surface area contributed by atoms with Gasteiger partial charge in [0.25, 0.3) is 5.91 Å². The quantitative estimate of drug-likeness (QED) is 0.740. The predicted molar refractivity (Wildman–Crippen MR) is 101 cm³/mol. The van der Waals surface area contributed by atoms with Crippen LogP contribution < -0.4 is 19.5 Å². The highest BCUT2D eigenvalue weighted by Gasteiger charge is 2.15. The summed E-state index contributed by atoms with van der Waals surface area (Å²) < 4.78 is 16.8. The van der Waals surface area contributed by atoms with Crippen LogP contribution in [-0.2, 0) is 0 Å².